The Hall–Kier alpha value is -1.61. The molecule has 1 heterocycles. The van der Waals surface area contributed by atoms with E-state index in [2.05, 4.69) is 29.8 Å². The number of hydrogen-bond donors (Lipinski definition) is 1. The summed E-state index contributed by atoms with van der Waals surface area (Å²) in [4.78, 5) is 13.3. The third-order valence-electron chi connectivity index (χ3n) is 3.29. The highest BCUT2D eigenvalue weighted by atomic mass is 32.1. The molecule has 0 saturated carbocycles. The van der Waals surface area contributed by atoms with Gasteiger partial charge < -0.3 is 5.32 Å². The zero-order valence-electron chi connectivity index (χ0n) is 11.8. The highest BCUT2D eigenvalue weighted by Gasteiger charge is 2.09. The number of aryl methyl sites for hydroxylation is 1. The summed E-state index contributed by atoms with van der Waals surface area (Å²) >= 11 is 1.81. The lowest BCUT2D eigenvalue weighted by molar-refractivity contribution is -0.117. The highest BCUT2D eigenvalue weighted by molar-refractivity contribution is 7.09. The highest BCUT2D eigenvalue weighted by Crippen LogP contribution is 2.17. The molecule has 0 aliphatic carbocycles. The van der Waals surface area contributed by atoms with Crippen molar-refractivity contribution < 1.29 is 4.79 Å². The number of benzene rings is 1. The van der Waals surface area contributed by atoms with Crippen molar-refractivity contribution in [3.8, 4) is 0 Å². The third-order valence-corrected chi connectivity index (χ3v) is 4.23. The number of hydrogen-bond acceptors (Lipinski definition) is 2. The first kappa shape index (κ1) is 14.8. The average molecular weight is 287 g/mol. The van der Waals surface area contributed by atoms with Gasteiger partial charge in [0.05, 0.1) is 0 Å². The van der Waals surface area contributed by atoms with E-state index in [9.17, 15) is 4.79 Å². The SMILES string of the molecule is C[C@H](CCCc1cccs1)CC(=O)Nc1ccccc1. The molecule has 1 aromatic carbocycles. The molecule has 1 N–H and O–H groups in total. The number of rotatable bonds is 7. The van der Waals surface area contributed by atoms with E-state index in [0.29, 0.717) is 12.3 Å². The average Bonchev–Trinajstić information content (AvgIpc) is 2.93. The van der Waals surface area contributed by atoms with Crippen molar-refractivity contribution >= 4 is 22.9 Å². The smallest absolute Gasteiger partial charge is 0.224 e. The van der Waals surface area contributed by atoms with Gasteiger partial charge >= 0.3 is 0 Å². The van der Waals surface area contributed by atoms with Crippen molar-refractivity contribution in [1.82, 2.24) is 0 Å². The van der Waals surface area contributed by atoms with E-state index in [0.717, 1.165) is 24.9 Å². The van der Waals surface area contributed by atoms with Gasteiger partial charge in [0.25, 0.3) is 0 Å². The van der Waals surface area contributed by atoms with Crippen molar-refractivity contribution in [2.24, 2.45) is 5.92 Å². The minimum atomic E-state index is 0.111. The van der Waals surface area contributed by atoms with Crippen LogP contribution in [-0.4, -0.2) is 5.91 Å². The van der Waals surface area contributed by atoms with Crippen LogP contribution < -0.4 is 5.32 Å². The largest absolute Gasteiger partial charge is 0.326 e. The number of carbonyl (C=O) groups excluding carboxylic acids is 1. The second-order valence-electron chi connectivity index (χ2n) is 5.20. The lowest BCUT2D eigenvalue weighted by Gasteiger charge is -2.11. The van der Waals surface area contributed by atoms with Gasteiger partial charge in [-0.3, -0.25) is 4.79 Å². The Labute approximate surface area is 124 Å². The van der Waals surface area contributed by atoms with Crippen LogP contribution in [0.1, 0.15) is 31.1 Å². The molecule has 0 radical (unpaired) electrons. The predicted molar refractivity (Wildman–Crippen MR) is 86.1 cm³/mol. The number of nitrogens with one attached hydrogen (secondary N) is 1. The molecule has 1 amide bonds. The van der Waals surface area contributed by atoms with Gasteiger partial charge in [0.2, 0.25) is 5.91 Å². The first-order chi connectivity index (χ1) is 9.74. The zero-order valence-corrected chi connectivity index (χ0v) is 12.7. The van der Waals surface area contributed by atoms with E-state index in [4.69, 9.17) is 0 Å². The molecule has 2 aromatic rings. The molecule has 2 nitrogen and oxygen atoms in total. The molecule has 0 bridgehead atoms. The van der Waals surface area contributed by atoms with Crippen LogP contribution in [0.25, 0.3) is 0 Å². The summed E-state index contributed by atoms with van der Waals surface area (Å²) in [5, 5.41) is 5.06. The monoisotopic (exact) mass is 287 g/mol. The Kier molecular flexibility index (Phi) is 5.81. The summed E-state index contributed by atoms with van der Waals surface area (Å²) < 4.78 is 0. The summed E-state index contributed by atoms with van der Waals surface area (Å²) in [5.74, 6) is 0.540. The number of anilines is 1. The van der Waals surface area contributed by atoms with E-state index in [-0.39, 0.29) is 5.91 Å². The van der Waals surface area contributed by atoms with Crippen LogP contribution in [0, 0.1) is 5.92 Å². The Morgan fingerprint density at radius 1 is 1.20 bits per heavy atom. The van der Waals surface area contributed by atoms with Crippen LogP contribution >= 0.6 is 11.3 Å². The molecule has 0 spiro atoms. The van der Waals surface area contributed by atoms with Crippen LogP contribution in [-0.2, 0) is 11.2 Å². The van der Waals surface area contributed by atoms with Crippen LogP contribution in [0.4, 0.5) is 5.69 Å². The number of carbonyl (C=O) groups is 1. The number of amides is 1. The summed E-state index contributed by atoms with van der Waals surface area (Å²) in [6.07, 6.45) is 3.97. The van der Waals surface area contributed by atoms with Crippen molar-refractivity contribution in [3.05, 3.63) is 52.7 Å². The molecular weight excluding hydrogens is 266 g/mol. The molecule has 0 aliphatic heterocycles. The molecular formula is C17H21NOS. The van der Waals surface area contributed by atoms with Gasteiger partial charge in [-0.1, -0.05) is 31.2 Å². The minimum absolute atomic E-state index is 0.111. The minimum Gasteiger partial charge on any atom is -0.326 e. The van der Waals surface area contributed by atoms with Gasteiger partial charge in [-0.25, -0.2) is 0 Å². The maximum absolute atomic E-state index is 11.9. The van der Waals surface area contributed by atoms with Gasteiger partial charge in [-0.05, 0) is 48.8 Å². The van der Waals surface area contributed by atoms with Crippen molar-refractivity contribution in [2.45, 2.75) is 32.6 Å². The first-order valence-electron chi connectivity index (χ1n) is 7.11. The fraction of sp³-hybridized carbons (Fsp3) is 0.353. The van der Waals surface area contributed by atoms with Crippen LogP contribution in [0.15, 0.2) is 47.8 Å². The Morgan fingerprint density at radius 3 is 2.70 bits per heavy atom. The normalized spacial score (nSPS) is 12.1. The standard InChI is InChI=1S/C17H21NOS/c1-14(7-5-10-16-11-6-12-20-16)13-17(19)18-15-8-3-2-4-9-15/h2-4,6,8-9,11-12,14H,5,7,10,13H2,1H3,(H,18,19)/t14-/m1/s1. The predicted octanol–water partition coefficient (Wildman–Crippen LogP) is 4.74. The zero-order chi connectivity index (χ0) is 14.2. The van der Waals surface area contributed by atoms with E-state index in [1.54, 1.807) is 0 Å². The van der Waals surface area contributed by atoms with Gasteiger partial charge in [0.15, 0.2) is 0 Å². The molecule has 0 fully saturated rings. The van der Waals surface area contributed by atoms with Crippen LogP contribution in [0.2, 0.25) is 0 Å². The van der Waals surface area contributed by atoms with E-state index < -0.39 is 0 Å². The molecule has 1 aromatic heterocycles. The fourth-order valence-corrected chi connectivity index (χ4v) is 2.98. The fourth-order valence-electron chi connectivity index (χ4n) is 2.23. The summed E-state index contributed by atoms with van der Waals surface area (Å²) in [6.45, 7) is 2.15. The van der Waals surface area contributed by atoms with Gasteiger partial charge in [0, 0.05) is 17.0 Å². The Bertz CT molecular complexity index is 507. The van der Waals surface area contributed by atoms with Crippen molar-refractivity contribution in [2.75, 3.05) is 5.32 Å². The van der Waals surface area contributed by atoms with Gasteiger partial charge in [0.1, 0.15) is 0 Å². The summed E-state index contributed by atoms with van der Waals surface area (Å²) in [6, 6.07) is 13.9. The van der Waals surface area contributed by atoms with E-state index in [1.807, 2.05) is 41.7 Å². The second-order valence-corrected chi connectivity index (χ2v) is 6.23. The molecule has 0 saturated heterocycles. The van der Waals surface area contributed by atoms with Crippen molar-refractivity contribution in [1.29, 1.82) is 0 Å². The molecule has 106 valence electrons. The van der Waals surface area contributed by atoms with Gasteiger partial charge in [-0.15, -0.1) is 11.3 Å². The van der Waals surface area contributed by atoms with Crippen molar-refractivity contribution in [3.63, 3.8) is 0 Å². The summed E-state index contributed by atoms with van der Waals surface area (Å²) in [7, 11) is 0. The summed E-state index contributed by atoms with van der Waals surface area (Å²) in [5.41, 5.74) is 0.878. The Balaban J connectivity index is 1.66. The maximum Gasteiger partial charge on any atom is 0.224 e. The second kappa shape index (κ2) is 7.85. The third kappa shape index (κ3) is 5.17. The molecule has 20 heavy (non-hydrogen) atoms. The maximum atomic E-state index is 11.9. The molecule has 2 rings (SSSR count). The number of thiophene rings is 1. The Morgan fingerprint density at radius 2 is 2.00 bits per heavy atom. The van der Waals surface area contributed by atoms with E-state index in [1.165, 1.54) is 4.88 Å². The lowest BCUT2D eigenvalue weighted by atomic mass is 10.00. The van der Waals surface area contributed by atoms with E-state index >= 15 is 0 Å². The lowest BCUT2D eigenvalue weighted by Crippen LogP contribution is -2.15. The molecule has 0 aliphatic rings. The van der Waals surface area contributed by atoms with Crippen LogP contribution in [0.5, 0.6) is 0 Å². The van der Waals surface area contributed by atoms with Gasteiger partial charge in [-0.2, -0.15) is 0 Å². The topological polar surface area (TPSA) is 29.1 Å². The molecule has 1 atom stereocenters. The quantitative estimate of drug-likeness (QED) is 0.783. The molecule has 3 heteroatoms. The van der Waals surface area contributed by atoms with Crippen LogP contribution in [0.3, 0.4) is 0 Å². The number of para-hydroxylation sites is 1. The molecule has 0 unspecified atom stereocenters. The first-order valence-corrected chi connectivity index (χ1v) is 7.99.